The minimum absolute atomic E-state index is 0.0690. The van der Waals surface area contributed by atoms with Gasteiger partial charge >= 0.3 is 0 Å². The van der Waals surface area contributed by atoms with Gasteiger partial charge in [-0.1, -0.05) is 12.1 Å². The highest BCUT2D eigenvalue weighted by Gasteiger charge is 2.53. The predicted octanol–water partition coefficient (Wildman–Crippen LogP) is 2.61. The lowest BCUT2D eigenvalue weighted by Gasteiger charge is -2.29. The summed E-state index contributed by atoms with van der Waals surface area (Å²) in [6.45, 7) is 4.28. The third kappa shape index (κ3) is 2.22. The lowest BCUT2D eigenvalue weighted by Crippen LogP contribution is -2.49. The van der Waals surface area contributed by atoms with Gasteiger partial charge < -0.3 is 11.1 Å². The van der Waals surface area contributed by atoms with Crippen LogP contribution >= 0.6 is 0 Å². The Labute approximate surface area is 114 Å². The van der Waals surface area contributed by atoms with Crippen molar-refractivity contribution in [1.82, 2.24) is 5.32 Å². The maximum atomic E-state index is 12.6. The van der Waals surface area contributed by atoms with Gasteiger partial charge in [0.1, 0.15) is 0 Å². The highest BCUT2D eigenvalue weighted by atomic mass is 16.2. The van der Waals surface area contributed by atoms with Gasteiger partial charge in [0, 0.05) is 11.2 Å². The first-order valence-electron chi connectivity index (χ1n) is 7.13. The Morgan fingerprint density at radius 2 is 1.84 bits per heavy atom. The van der Waals surface area contributed by atoms with Crippen molar-refractivity contribution in [3.63, 3.8) is 0 Å². The van der Waals surface area contributed by atoms with Crippen LogP contribution in [0.4, 0.5) is 5.69 Å². The Balaban J connectivity index is 1.77. The predicted molar refractivity (Wildman–Crippen MR) is 76.7 cm³/mol. The van der Waals surface area contributed by atoms with E-state index in [9.17, 15) is 4.79 Å². The lowest BCUT2D eigenvalue weighted by atomic mass is 9.91. The van der Waals surface area contributed by atoms with Crippen molar-refractivity contribution in [3.05, 3.63) is 29.8 Å². The standard InChI is InChI=1S/C16H22N2O/c1-15(2,11-3-4-11)18-14(19)16(9-10-16)12-5-7-13(17)8-6-12/h5-8,11H,3-4,9-10,17H2,1-2H3,(H,18,19). The maximum Gasteiger partial charge on any atom is 0.231 e. The fourth-order valence-corrected chi connectivity index (χ4v) is 2.89. The topological polar surface area (TPSA) is 55.1 Å². The minimum Gasteiger partial charge on any atom is -0.399 e. The van der Waals surface area contributed by atoms with Crippen LogP contribution in [0.15, 0.2) is 24.3 Å². The van der Waals surface area contributed by atoms with Crippen LogP contribution in [0.2, 0.25) is 0 Å². The van der Waals surface area contributed by atoms with Crippen LogP contribution in [-0.2, 0) is 10.2 Å². The highest BCUT2D eigenvalue weighted by molar-refractivity contribution is 5.91. The Kier molecular flexibility index (Phi) is 2.63. The second kappa shape index (κ2) is 3.99. The summed E-state index contributed by atoms with van der Waals surface area (Å²) >= 11 is 0. The summed E-state index contributed by atoms with van der Waals surface area (Å²) in [5.74, 6) is 0.841. The lowest BCUT2D eigenvalue weighted by molar-refractivity contribution is -0.125. The van der Waals surface area contributed by atoms with Gasteiger partial charge in [0.25, 0.3) is 0 Å². The maximum absolute atomic E-state index is 12.6. The van der Waals surface area contributed by atoms with Crippen LogP contribution in [0.1, 0.15) is 45.1 Å². The molecule has 19 heavy (non-hydrogen) atoms. The smallest absolute Gasteiger partial charge is 0.231 e. The van der Waals surface area contributed by atoms with E-state index in [1.807, 2.05) is 24.3 Å². The quantitative estimate of drug-likeness (QED) is 0.816. The summed E-state index contributed by atoms with van der Waals surface area (Å²) < 4.78 is 0. The third-order valence-corrected chi connectivity index (χ3v) is 4.68. The molecule has 0 saturated heterocycles. The number of anilines is 1. The number of carbonyl (C=O) groups is 1. The van der Waals surface area contributed by atoms with E-state index in [-0.39, 0.29) is 16.9 Å². The molecule has 1 amide bonds. The molecule has 1 aromatic carbocycles. The summed E-state index contributed by atoms with van der Waals surface area (Å²) in [6, 6.07) is 7.75. The van der Waals surface area contributed by atoms with E-state index in [0.717, 1.165) is 24.1 Å². The van der Waals surface area contributed by atoms with Gasteiger partial charge in [-0.25, -0.2) is 0 Å². The molecule has 1 aromatic rings. The van der Waals surface area contributed by atoms with E-state index in [2.05, 4.69) is 19.2 Å². The van der Waals surface area contributed by atoms with Crippen LogP contribution in [0.3, 0.4) is 0 Å². The number of nitrogens with one attached hydrogen (secondary N) is 1. The highest BCUT2D eigenvalue weighted by Crippen LogP contribution is 2.49. The van der Waals surface area contributed by atoms with Crippen LogP contribution in [0.5, 0.6) is 0 Å². The average molecular weight is 258 g/mol. The number of nitrogen functional groups attached to an aromatic ring is 1. The first kappa shape index (κ1) is 12.5. The summed E-state index contributed by atoms with van der Waals surface area (Å²) in [5.41, 5.74) is 7.21. The molecule has 0 atom stereocenters. The first-order chi connectivity index (χ1) is 8.94. The van der Waals surface area contributed by atoms with Gasteiger partial charge in [-0.05, 0) is 63.1 Å². The van der Waals surface area contributed by atoms with Crippen molar-refractivity contribution in [1.29, 1.82) is 0 Å². The van der Waals surface area contributed by atoms with Crippen molar-refractivity contribution in [3.8, 4) is 0 Å². The number of hydrogen-bond donors (Lipinski definition) is 2. The van der Waals surface area contributed by atoms with Gasteiger partial charge in [0.2, 0.25) is 5.91 Å². The number of amides is 1. The molecule has 3 heteroatoms. The molecular formula is C16H22N2O. The van der Waals surface area contributed by atoms with Gasteiger partial charge in [0.05, 0.1) is 5.41 Å². The first-order valence-corrected chi connectivity index (χ1v) is 7.13. The van der Waals surface area contributed by atoms with Gasteiger partial charge in [0.15, 0.2) is 0 Å². The molecule has 0 heterocycles. The molecule has 0 spiro atoms. The molecule has 2 saturated carbocycles. The van der Waals surface area contributed by atoms with Crippen LogP contribution in [-0.4, -0.2) is 11.4 Å². The summed E-state index contributed by atoms with van der Waals surface area (Å²) in [6.07, 6.45) is 4.37. The van der Waals surface area contributed by atoms with Crippen molar-refractivity contribution < 1.29 is 4.79 Å². The zero-order valence-electron chi connectivity index (χ0n) is 11.7. The summed E-state index contributed by atoms with van der Waals surface area (Å²) in [5, 5.41) is 3.26. The van der Waals surface area contributed by atoms with Gasteiger partial charge in [-0.15, -0.1) is 0 Å². The van der Waals surface area contributed by atoms with Crippen molar-refractivity contribution in [2.24, 2.45) is 5.92 Å². The van der Waals surface area contributed by atoms with Crippen LogP contribution < -0.4 is 11.1 Å². The molecule has 0 aliphatic heterocycles. The monoisotopic (exact) mass is 258 g/mol. The van der Waals surface area contributed by atoms with E-state index in [1.165, 1.54) is 12.8 Å². The molecule has 0 aromatic heterocycles. The summed E-state index contributed by atoms with van der Waals surface area (Å²) in [4.78, 5) is 12.6. The second-order valence-electron chi connectivity index (χ2n) is 6.65. The molecular weight excluding hydrogens is 236 g/mol. The minimum atomic E-state index is -0.292. The Morgan fingerprint density at radius 3 is 2.32 bits per heavy atom. The van der Waals surface area contributed by atoms with E-state index < -0.39 is 0 Å². The molecule has 3 rings (SSSR count). The zero-order chi connectivity index (χ0) is 13.7. The largest absolute Gasteiger partial charge is 0.399 e. The number of benzene rings is 1. The van der Waals surface area contributed by atoms with Gasteiger partial charge in [-0.3, -0.25) is 4.79 Å². The zero-order valence-corrected chi connectivity index (χ0v) is 11.7. The normalized spacial score (nSPS) is 20.9. The molecule has 0 radical (unpaired) electrons. The molecule has 2 aliphatic carbocycles. The number of nitrogens with two attached hydrogens (primary N) is 1. The number of carbonyl (C=O) groups excluding carboxylic acids is 1. The fourth-order valence-electron chi connectivity index (χ4n) is 2.89. The van der Waals surface area contributed by atoms with Gasteiger partial charge in [-0.2, -0.15) is 0 Å². The average Bonchev–Trinajstić information content (AvgIpc) is 3.22. The molecule has 3 N–H and O–H groups in total. The Bertz CT molecular complexity index is 496. The van der Waals surface area contributed by atoms with Crippen molar-refractivity contribution >= 4 is 11.6 Å². The molecule has 0 unspecified atom stereocenters. The van der Waals surface area contributed by atoms with E-state index in [1.54, 1.807) is 0 Å². The fraction of sp³-hybridized carbons (Fsp3) is 0.562. The number of rotatable bonds is 4. The molecule has 3 nitrogen and oxygen atoms in total. The summed E-state index contributed by atoms with van der Waals surface area (Å²) in [7, 11) is 0. The molecule has 0 bridgehead atoms. The molecule has 102 valence electrons. The Morgan fingerprint density at radius 1 is 1.26 bits per heavy atom. The Hall–Kier alpha value is -1.51. The van der Waals surface area contributed by atoms with E-state index in [0.29, 0.717) is 5.92 Å². The van der Waals surface area contributed by atoms with Crippen LogP contribution in [0.25, 0.3) is 0 Å². The third-order valence-electron chi connectivity index (χ3n) is 4.68. The number of hydrogen-bond acceptors (Lipinski definition) is 2. The molecule has 2 fully saturated rings. The van der Waals surface area contributed by atoms with E-state index in [4.69, 9.17) is 5.73 Å². The van der Waals surface area contributed by atoms with Crippen molar-refractivity contribution in [2.45, 2.75) is 50.5 Å². The SMILES string of the molecule is CC(C)(NC(=O)C1(c2ccc(N)cc2)CC1)C1CC1. The van der Waals surface area contributed by atoms with E-state index >= 15 is 0 Å². The van der Waals surface area contributed by atoms with Crippen molar-refractivity contribution in [2.75, 3.05) is 5.73 Å². The molecule has 2 aliphatic rings. The van der Waals surface area contributed by atoms with Crippen LogP contribution in [0, 0.1) is 5.92 Å². The second-order valence-corrected chi connectivity index (χ2v) is 6.65.